The Balaban J connectivity index is 2.24. The zero-order valence-corrected chi connectivity index (χ0v) is 14.0. The third kappa shape index (κ3) is 4.37. The van der Waals surface area contributed by atoms with E-state index in [1.165, 1.54) is 25.4 Å². The number of sulfonamides is 1. The van der Waals surface area contributed by atoms with Crippen molar-refractivity contribution in [2.45, 2.75) is 4.90 Å². The summed E-state index contributed by atoms with van der Waals surface area (Å²) in [5, 5.41) is 3.30. The number of rotatable bonds is 7. The molecule has 2 rings (SSSR count). The molecule has 0 aliphatic rings. The first-order chi connectivity index (χ1) is 11.0. The van der Waals surface area contributed by atoms with E-state index in [0.29, 0.717) is 23.1 Å². The van der Waals surface area contributed by atoms with E-state index < -0.39 is 10.0 Å². The molecule has 1 aromatic carbocycles. The Bertz CT molecular complexity index is 792. The van der Waals surface area contributed by atoms with Gasteiger partial charge in [-0.2, -0.15) is 0 Å². The van der Waals surface area contributed by atoms with Gasteiger partial charge >= 0.3 is 0 Å². The number of hydrogen-bond donors (Lipinski definition) is 2. The van der Waals surface area contributed by atoms with Gasteiger partial charge in [-0.3, -0.25) is 4.72 Å². The van der Waals surface area contributed by atoms with Gasteiger partial charge in [0.05, 0.1) is 19.0 Å². The van der Waals surface area contributed by atoms with Crippen LogP contribution in [0.25, 0.3) is 0 Å². The van der Waals surface area contributed by atoms with E-state index in [0.717, 1.165) is 0 Å². The van der Waals surface area contributed by atoms with Crippen molar-refractivity contribution in [3.8, 4) is 5.75 Å². The maximum atomic E-state index is 12.5. The molecule has 8 heteroatoms. The highest BCUT2D eigenvalue weighted by molar-refractivity contribution is 7.92. The Morgan fingerprint density at radius 3 is 2.74 bits per heavy atom. The van der Waals surface area contributed by atoms with E-state index in [2.05, 4.69) is 21.6 Å². The molecule has 0 atom stereocenters. The molecule has 0 fully saturated rings. The number of halogens is 1. The first kappa shape index (κ1) is 17.1. The van der Waals surface area contributed by atoms with E-state index in [1.54, 1.807) is 24.3 Å². The lowest BCUT2D eigenvalue weighted by Crippen LogP contribution is -2.14. The maximum absolute atomic E-state index is 12.5. The molecular formula is C15H16ClN3O3S. The molecule has 2 N–H and O–H groups in total. The number of pyridine rings is 1. The third-order valence-corrected chi connectivity index (χ3v) is 4.50. The predicted molar refractivity (Wildman–Crippen MR) is 91.7 cm³/mol. The van der Waals surface area contributed by atoms with Gasteiger partial charge in [-0.15, -0.1) is 6.58 Å². The van der Waals surface area contributed by atoms with E-state index in [4.69, 9.17) is 16.3 Å². The number of methoxy groups -OCH3 is 1. The molecule has 23 heavy (non-hydrogen) atoms. The summed E-state index contributed by atoms with van der Waals surface area (Å²) < 4.78 is 32.5. The molecular weight excluding hydrogens is 338 g/mol. The van der Waals surface area contributed by atoms with Gasteiger partial charge in [-0.25, -0.2) is 13.4 Å². The molecule has 1 aromatic heterocycles. The minimum Gasteiger partial charge on any atom is -0.495 e. The number of benzene rings is 1. The summed E-state index contributed by atoms with van der Waals surface area (Å²) in [6, 6.07) is 7.65. The molecule has 0 radical (unpaired) electrons. The molecule has 6 nitrogen and oxygen atoms in total. The lowest BCUT2D eigenvalue weighted by molar-refractivity contribution is 0.403. The minimum atomic E-state index is -3.84. The van der Waals surface area contributed by atoms with Crippen LogP contribution in [-0.2, 0) is 10.0 Å². The molecule has 0 aliphatic carbocycles. The number of aromatic nitrogens is 1. The molecule has 2 aromatic rings. The standard InChI is InChI=1S/C15H16ClN3O3S/c1-3-8-17-15-7-5-12(10-18-15)19-23(20,21)14-9-11(16)4-6-13(14)22-2/h3-7,9-10,19H,1,8H2,2H3,(H,17,18). The Hall–Kier alpha value is -2.25. The van der Waals surface area contributed by atoms with Gasteiger partial charge in [0.25, 0.3) is 10.0 Å². The van der Waals surface area contributed by atoms with Crippen LogP contribution >= 0.6 is 11.6 Å². The fraction of sp³-hybridized carbons (Fsp3) is 0.133. The quantitative estimate of drug-likeness (QED) is 0.747. The lowest BCUT2D eigenvalue weighted by atomic mass is 10.3. The average Bonchev–Trinajstić information content (AvgIpc) is 2.54. The van der Waals surface area contributed by atoms with Crippen LogP contribution < -0.4 is 14.8 Å². The average molecular weight is 354 g/mol. The fourth-order valence-corrected chi connectivity index (χ4v) is 3.28. The van der Waals surface area contributed by atoms with Crippen LogP contribution in [0.15, 0.2) is 54.1 Å². The number of hydrogen-bond acceptors (Lipinski definition) is 5. The van der Waals surface area contributed by atoms with Crippen molar-refractivity contribution in [2.75, 3.05) is 23.7 Å². The van der Waals surface area contributed by atoms with Crippen molar-refractivity contribution in [1.82, 2.24) is 4.98 Å². The van der Waals surface area contributed by atoms with Crippen molar-refractivity contribution in [1.29, 1.82) is 0 Å². The zero-order chi connectivity index (χ0) is 16.9. The molecule has 122 valence electrons. The highest BCUT2D eigenvalue weighted by Gasteiger charge is 2.20. The predicted octanol–water partition coefficient (Wildman–Crippen LogP) is 3.14. The van der Waals surface area contributed by atoms with Crippen LogP contribution in [0.3, 0.4) is 0 Å². The van der Waals surface area contributed by atoms with Gasteiger partial charge in [-0.05, 0) is 30.3 Å². The number of nitrogens with one attached hydrogen (secondary N) is 2. The van der Waals surface area contributed by atoms with Crippen molar-refractivity contribution < 1.29 is 13.2 Å². The number of nitrogens with zero attached hydrogens (tertiary/aromatic N) is 1. The molecule has 0 saturated heterocycles. The second-order valence-corrected chi connectivity index (χ2v) is 6.59. The topological polar surface area (TPSA) is 80.3 Å². The van der Waals surface area contributed by atoms with E-state index in [-0.39, 0.29) is 10.6 Å². The summed E-state index contributed by atoms with van der Waals surface area (Å²) in [7, 11) is -2.45. The van der Waals surface area contributed by atoms with Crippen LogP contribution in [0.4, 0.5) is 11.5 Å². The smallest absolute Gasteiger partial charge is 0.265 e. The summed E-state index contributed by atoms with van der Waals surface area (Å²) in [5.74, 6) is 0.826. The Labute approximate surface area is 140 Å². The largest absolute Gasteiger partial charge is 0.495 e. The second-order valence-electron chi connectivity index (χ2n) is 4.50. The maximum Gasteiger partial charge on any atom is 0.265 e. The van der Waals surface area contributed by atoms with Crippen molar-refractivity contribution in [2.24, 2.45) is 0 Å². The van der Waals surface area contributed by atoms with Gasteiger partial charge in [0.2, 0.25) is 0 Å². The first-order valence-electron chi connectivity index (χ1n) is 6.63. The van der Waals surface area contributed by atoms with E-state index in [1.807, 2.05) is 0 Å². The first-order valence-corrected chi connectivity index (χ1v) is 8.49. The summed E-state index contributed by atoms with van der Waals surface area (Å²) >= 11 is 5.88. The van der Waals surface area contributed by atoms with Gasteiger partial charge < -0.3 is 10.1 Å². The summed E-state index contributed by atoms with van der Waals surface area (Å²) in [6.07, 6.45) is 3.11. The van der Waals surface area contributed by atoms with Gasteiger partial charge in [0.1, 0.15) is 16.5 Å². The highest BCUT2D eigenvalue weighted by atomic mass is 35.5. The van der Waals surface area contributed by atoms with Crippen LogP contribution in [0, 0.1) is 0 Å². The van der Waals surface area contributed by atoms with E-state index >= 15 is 0 Å². The lowest BCUT2D eigenvalue weighted by Gasteiger charge is -2.12. The molecule has 0 aliphatic heterocycles. The molecule has 1 heterocycles. The minimum absolute atomic E-state index is 0.0404. The van der Waals surface area contributed by atoms with Crippen LogP contribution in [-0.4, -0.2) is 27.1 Å². The molecule has 0 spiro atoms. The van der Waals surface area contributed by atoms with Crippen LogP contribution in [0.5, 0.6) is 5.75 Å². The van der Waals surface area contributed by atoms with Crippen molar-refractivity contribution in [3.63, 3.8) is 0 Å². The highest BCUT2D eigenvalue weighted by Crippen LogP contribution is 2.28. The summed E-state index contributed by atoms with van der Waals surface area (Å²) in [4.78, 5) is 4.07. The number of ether oxygens (including phenoxy) is 1. The molecule has 0 bridgehead atoms. The summed E-state index contributed by atoms with van der Waals surface area (Å²) in [6.45, 7) is 4.16. The third-order valence-electron chi connectivity index (χ3n) is 2.86. The zero-order valence-electron chi connectivity index (χ0n) is 12.4. The Kier molecular flexibility index (Phi) is 5.46. The second kappa shape index (κ2) is 7.34. The van der Waals surface area contributed by atoms with Crippen LogP contribution in [0.1, 0.15) is 0 Å². The Morgan fingerprint density at radius 1 is 1.35 bits per heavy atom. The van der Waals surface area contributed by atoms with Crippen molar-refractivity contribution >= 4 is 33.1 Å². The number of anilines is 2. The SMILES string of the molecule is C=CCNc1ccc(NS(=O)(=O)c2cc(Cl)ccc2OC)cn1. The molecule has 0 unspecified atom stereocenters. The van der Waals surface area contributed by atoms with Gasteiger partial charge in [0.15, 0.2) is 0 Å². The monoisotopic (exact) mass is 353 g/mol. The van der Waals surface area contributed by atoms with Gasteiger partial charge in [0, 0.05) is 11.6 Å². The fourth-order valence-electron chi connectivity index (χ4n) is 1.81. The molecule has 0 amide bonds. The Morgan fingerprint density at radius 2 is 2.13 bits per heavy atom. The van der Waals surface area contributed by atoms with E-state index in [9.17, 15) is 8.42 Å². The van der Waals surface area contributed by atoms with Gasteiger partial charge in [-0.1, -0.05) is 17.7 Å². The molecule has 0 saturated carbocycles. The normalized spacial score (nSPS) is 10.9. The van der Waals surface area contributed by atoms with Crippen LogP contribution in [0.2, 0.25) is 5.02 Å². The van der Waals surface area contributed by atoms with Crippen molar-refractivity contribution in [3.05, 3.63) is 54.2 Å². The summed E-state index contributed by atoms with van der Waals surface area (Å²) in [5.41, 5.74) is 0.330.